The van der Waals surface area contributed by atoms with E-state index in [4.69, 9.17) is 10.8 Å². The van der Waals surface area contributed by atoms with Crippen LogP contribution in [0, 0.1) is 0 Å². The highest BCUT2D eigenvalue weighted by Gasteiger charge is 2.06. The maximum atomic E-state index is 9.09. The van der Waals surface area contributed by atoms with E-state index in [1.165, 1.54) is 0 Å². The van der Waals surface area contributed by atoms with Crippen molar-refractivity contribution in [3.05, 3.63) is 35.9 Å². The Morgan fingerprint density at radius 2 is 1.85 bits per heavy atom. The van der Waals surface area contributed by atoms with E-state index in [-0.39, 0.29) is 12.1 Å². The third-order valence-electron chi connectivity index (χ3n) is 2.12. The van der Waals surface area contributed by atoms with Crippen LogP contribution in [0.2, 0.25) is 0 Å². The number of nitrogens with two attached hydrogens (primary N) is 1. The first kappa shape index (κ1) is 10.2. The molecule has 1 aromatic rings. The predicted molar refractivity (Wildman–Crippen MR) is 54.3 cm³/mol. The summed E-state index contributed by atoms with van der Waals surface area (Å²) < 4.78 is 0. The van der Waals surface area contributed by atoms with Crippen LogP contribution >= 0.6 is 0 Å². The van der Waals surface area contributed by atoms with Crippen molar-refractivity contribution in [2.75, 3.05) is 0 Å². The lowest BCUT2D eigenvalue weighted by Gasteiger charge is -2.12. The van der Waals surface area contributed by atoms with E-state index in [1.807, 2.05) is 30.3 Å². The van der Waals surface area contributed by atoms with Crippen molar-refractivity contribution in [2.45, 2.75) is 31.9 Å². The highest BCUT2D eigenvalue weighted by Crippen LogP contribution is 2.15. The van der Waals surface area contributed by atoms with Gasteiger partial charge < -0.3 is 10.8 Å². The van der Waals surface area contributed by atoms with Gasteiger partial charge in [-0.3, -0.25) is 0 Å². The lowest BCUT2D eigenvalue weighted by Crippen LogP contribution is -2.12. The summed E-state index contributed by atoms with van der Waals surface area (Å²) in [5, 5.41) is 9.09. The van der Waals surface area contributed by atoms with Gasteiger partial charge in [0.2, 0.25) is 0 Å². The summed E-state index contributed by atoms with van der Waals surface area (Å²) in [7, 11) is 0. The van der Waals surface area contributed by atoms with E-state index in [0.29, 0.717) is 0 Å². The van der Waals surface area contributed by atoms with Crippen LogP contribution in [-0.2, 0) is 0 Å². The van der Waals surface area contributed by atoms with Crippen molar-refractivity contribution in [1.82, 2.24) is 0 Å². The summed E-state index contributed by atoms with van der Waals surface area (Å²) in [5.41, 5.74) is 7.07. The molecule has 3 N–H and O–H groups in total. The smallest absolute Gasteiger partial charge is 0.0512 e. The van der Waals surface area contributed by atoms with Crippen molar-refractivity contribution < 1.29 is 5.11 Å². The first-order chi connectivity index (χ1) is 6.20. The summed E-state index contributed by atoms with van der Waals surface area (Å²) in [6.45, 7) is 1.79. The molecule has 13 heavy (non-hydrogen) atoms. The fourth-order valence-corrected chi connectivity index (χ4v) is 1.29. The van der Waals surface area contributed by atoms with Crippen molar-refractivity contribution in [3.8, 4) is 0 Å². The normalized spacial score (nSPS) is 15.3. The summed E-state index contributed by atoms with van der Waals surface area (Å²) in [6, 6.07) is 10.0. The Labute approximate surface area is 79.4 Å². The van der Waals surface area contributed by atoms with Gasteiger partial charge in [-0.25, -0.2) is 0 Å². The highest BCUT2D eigenvalue weighted by atomic mass is 16.3. The third-order valence-corrected chi connectivity index (χ3v) is 2.12. The second kappa shape index (κ2) is 5.00. The number of rotatable bonds is 4. The van der Waals surface area contributed by atoms with Gasteiger partial charge in [0.25, 0.3) is 0 Å². The third kappa shape index (κ3) is 3.57. The molecular formula is C11H17NO. The zero-order chi connectivity index (χ0) is 9.68. The Bertz CT molecular complexity index is 233. The van der Waals surface area contributed by atoms with E-state index in [2.05, 4.69) is 0 Å². The molecule has 2 nitrogen and oxygen atoms in total. The summed E-state index contributed by atoms with van der Waals surface area (Å²) >= 11 is 0. The lowest BCUT2D eigenvalue weighted by atomic mass is 10.0. The molecule has 0 amide bonds. The SMILES string of the molecule is CC(O)CCC(N)c1ccccc1. The lowest BCUT2D eigenvalue weighted by molar-refractivity contribution is 0.178. The molecule has 1 rings (SSSR count). The second-order valence-corrected chi connectivity index (χ2v) is 3.44. The fraction of sp³-hybridized carbons (Fsp3) is 0.455. The van der Waals surface area contributed by atoms with Gasteiger partial charge in [0.1, 0.15) is 0 Å². The molecule has 72 valence electrons. The van der Waals surface area contributed by atoms with Crippen LogP contribution in [-0.4, -0.2) is 11.2 Å². The number of benzene rings is 1. The van der Waals surface area contributed by atoms with Gasteiger partial charge in [-0.1, -0.05) is 30.3 Å². The first-order valence-corrected chi connectivity index (χ1v) is 4.68. The van der Waals surface area contributed by atoms with Crippen LogP contribution in [0.3, 0.4) is 0 Å². The number of aliphatic hydroxyl groups excluding tert-OH is 1. The van der Waals surface area contributed by atoms with Crippen molar-refractivity contribution in [3.63, 3.8) is 0 Å². The highest BCUT2D eigenvalue weighted by molar-refractivity contribution is 5.18. The molecule has 0 saturated heterocycles. The Kier molecular flexibility index (Phi) is 3.93. The topological polar surface area (TPSA) is 46.2 Å². The summed E-state index contributed by atoms with van der Waals surface area (Å²) in [4.78, 5) is 0. The molecule has 2 atom stereocenters. The molecule has 2 unspecified atom stereocenters. The molecule has 0 radical (unpaired) electrons. The quantitative estimate of drug-likeness (QED) is 0.741. The van der Waals surface area contributed by atoms with Gasteiger partial charge in [0, 0.05) is 6.04 Å². The molecule has 0 heterocycles. The van der Waals surface area contributed by atoms with Crippen LogP contribution in [0.15, 0.2) is 30.3 Å². The number of hydrogen-bond donors (Lipinski definition) is 2. The Morgan fingerprint density at radius 1 is 1.23 bits per heavy atom. The van der Waals surface area contributed by atoms with Crippen LogP contribution in [0.1, 0.15) is 31.4 Å². The largest absolute Gasteiger partial charge is 0.393 e. The summed E-state index contributed by atoms with van der Waals surface area (Å²) in [5.74, 6) is 0. The molecule has 2 heteroatoms. The van der Waals surface area contributed by atoms with Gasteiger partial charge >= 0.3 is 0 Å². The minimum Gasteiger partial charge on any atom is -0.393 e. The first-order valence-electron chi connectivity index (χ1n) is 4.68. The van der Waals surface area contributed by atoms with Gasteiger partial charge in [-0.15, -0.1) is 0 Å². The summed E-state index contributed by atoms with van der Waals surface area (Å²) in [6.07, 6.45) is 1.34. The van der Waals surface area contributed by atoms with Crippen LogP contribution in [0.4, 0.5) is 0 Å². The standard InChI is InChI=1S/C11H17NO/c1-9(13)7-8-11(12)10-5-3-2-4-6-10/h2-6,9,11,13H,7-8,12H2,1H3. The average Bonchev–Trinajstić information content (AvgIpc) is 2.15. The second-order valence-electron chi connectivity index (χ2n) is 3.44. The van der Waals surface area contributed by atoms with E-state index >= 15 is 0 Å². The Balaban J connectivity index is 2.44. The molecule has 0 aliphatic carbocycles. The van der Waals surface area contributed by atoms with E-state index in [1.54, 1.807) is 6.92 Å². The van der Waals surface area contributed by atoms with Crippen molar-refractivity contribution in [1.29, 1.82) is 0 Å². The fourth-order valence-electron chi connectivity index (χ4n) is 1.29. The molecule has 0 spiro atoms. The predicted octanol–water partition coefficient (Wildman–Crippen LogP) is 1.85. The van der Waals surface area contributed by atoms with Gasteiger partial charge in [0.15, 0.2) is 0 Å². The van der Waals surface area contributed by atoms with Crippen molar-refractivity contribution in [2.24, 2.45) is 5.73 Å². The Hall–Kier alpha value is -0.860. The minimum atomic E-state index is -0.255. The van der Waals surface area contributed by atoms with Crippen LogP contribution in [0.25, 0.3) is 0 Å². The maximum Gasteiger partial charge on any atom is 0.0512 e. The average molecular weight is 179 g/mol. The maximum absolute atomic E-state index is 9.09. The molecule has 0 bridgehead atoms. The minimum absolute atomic E-state index is 0.0517. The zero-order valence-corrected chi connectivity index (χ0v) is 7.98. The molecule has 0 aliphatic heterocycles. The van der Waals surface area contributed by atoms with Gasteiger partial charge in [-0.05, 0) is 25.3 Å². The van der Waals surface area contributed by atoms with Gasteiger partial charge in [-0.2, -0.15) is 0 Å². The monoisotopic (exact) mass is 179 g/mol. The molecule has 1 aromatic carbocycles. The zero-order valence-electron chi connectivity index (χ0n) is 7.98. The molecular weight excluding hydrogens is 162 g/mol. The van der Waals surface area contributed by atoms with Crippen LogP contribution < -0.4 is 5.73 Å². The molecule has 0 fully saturated rings. The van der Waals surface area contributed by atoms with Gasteiger partial charge in [0.05, 0.1) is 6.10 Å². The van der Waals surface area contributed by atoms with E-state index in [0.717, 1.165) is 18.4 Å². The molecule has 0 saturated carbocycles. The van der Waals surface area contributed by atoms with E-state index < -0.39 is 0 Å². The number of aliphatic hydroxyl groups is 1. The molecule has 0 aromatic heterocycles. The Morgan fingerprint density at radius 3 is 2.38 bits per heavy atom. The van der Waals surface area contributed by atoms with E-state index in [9.17, 15) is 0 Å². The van der Waals surface area contributed by atoms with Crippen LogP contribution in [0.5, 0.6) is 0 Å². The van der Waals surface area contributed by atoms with Crippen molar-refractivity contribution >= 4 is 0 Å². The number of hydrogen-bond acceptors (Lipinski definition) is 2. The molecule has 0 aliphatic rings.